The molecule has 0 spiro atoms. The van der Waals surface area contributed by atoms with E-state index in [1.165, 1.54) is 0 Å². The Labute approximate surface area is 157 Å². The Morgan fingerprint density at radius 3 is 3.15 bits per heavy atom. The third-order valence-electron chi connectivity index (χ3n) is 4.81. The van der Waals surface area contributed by atoms with Crippen molar-refractivity contribution >= 4 is 11.6 Å². The number of ether oxygens (including phenoxy) is 2. The number of nitrogens with one attached hydrogen (secondary N) is 1. The lowest BCUT2D eigenvalue weighted by Crippen LogP contribution is -2.37. The Morgan fingerprint density at radius 2 is 2.26 bits per heavy atom. The van der Waals surface area contributed by atoms with Crippen LogP contribution in [0, 0.1) is 5.92 Å². The average Bonchev–Trinajstić information content (AvgIpc) is 3.13. The molecule has 0 saturated heterocycles. The average molecular weight is 366 g/mol. The molecule has 3 aromatic rings. The van der Waals surface area contributed by atoms with E-state index in [4.69, 9.17) is 9.47 Å². The quantitative estimate of drug-likeness (QED) is 0.676. The monoisotopic (exact) mass is 366 g/mol. The third-order valence-corrected chi connectivity index (χ3v) is 4.81. The molecule has 1 N–H and O–H groups in total. The first-order valence-electron chi connectivity index (χ1n) is 9.10. The number of nitrogens with zero attached hydrogens (tertiary/aromatic N) is 3. The van der Waals surface area contributed by atoms with Crippen LogP contribution in [0.25, 0.3) is 5.65 Å². The van der Waals surface area contributed by atoms with Gasteiger partial charge in [-0.2, -0.15) is 0 Å². The van der Waals surface area contributed by atoms with Crippen molar-refractivity contribution < 1.29 is 14.3 Å². The van der Waals surface area contributed by atoms with Gasteiger partial charge < -0.3 is 14.8 Å². The Hall–Kier alpha value is -3.09. The lowest BCUT2D eigenvalue weighted by molar-refractivity contribution is -0.126. The SMILES string of the molecule is COc1ccc2c(c1)C[C@H](C(=O)NCCCc1nnc3ccccn13)CO2. The molecule has 7 nitrogen and oxygen atoms in total. The topological polar surface area (TPSA) is 77.8 Å². The van der Waals surface area contributed by atoms with E-state index in [-0.39, 0.29) is 11.8 Å². The molecular weight excluding hydrogens is 344 g/mol. The number of fused-ring (bicyclic) bond motifs is 2. The number of aryl methyl sites for hydroxylation is 1. The zero-order valence-electron chi connectivity index (χ0n) is 15.2. The van der Waals surface area contributed by atoms with Gasteiger partial charge in [0, 0.05) is 19.2 Å². The molecule has 0 fully saturated rings. The van der Waals surface area contributed by atoms with Gasteiger partial charge in [0.25, 0.3) is 0 Å². The number of pyridine rings is 1. The first-order chi connectivity index (χ1) is 13.2. The van der Waals surface area contributed by atoms with Crippen LogP contribution in [0.15, 0.2) is 42.6 Å². The van der Waals surface area contributed by atoms with Crippen molar-refractivity contribution in [3.05, 3.63) is 54.0 Å². The van der Waals surface area contributed by atoms with Gasteiger partial charge in [0.15, 0.2) is 5.65 Å². The van der Waals surface area contributed by atoms with Crippen LogP contribution in [0.3, 0.4) is 0 Å². The maximum Gasteiger partial charge on any atom is 0.226 e. The van der Waals surface area contributed by atoms with Crippen LogP contribution in [0.2, 0.25) is 0 Å². The van der Waals surface area contributed by atoms with E-state index in [2.05, 4.69) is 15.5 Å². The van der Waals surface area contributed by atoms with E-state index >= 15 is 0 Å². The second-order valence-corrected chi connectivity index (χ2v) is 6.63. The van der Waals surface area contributed by atoms with E-state index in [1.807, 2.05) is 47.0 Å². The van der Waals surface area contributed by atoms with Gasteiger partial charge >= 0.3 is 0 Å². The highest BCUT2D eigenvalue weighted by Crippen LogP contribution is 2.30. The summed E-state index contributed by atoms with van der Waals surface area (Å²) in [5.74, 6) is 2.35. The molecule has 1 aliphatic rings. The molecular formula is C20H22N4O3. The summed E-state index contributed by atoms with van der Waals surface area (Å²) in [6.45, 7) is 1.00. The summed E-state index contributed by atoms with van der Waals surface area (Å²) in [6, 6.07) is 11.5. The zero-order chi connectivity index (χ0) is 18.6. The number of aromatic nitrogens is 3. The number of carbonyl (C=O) groups is 1. The third kappa shape index (κ3) is 3.72. The van der Waals surface area contributed by atoms with E-state index < -0.39 is 0 Å². The van der Waals surface area contributed by atoms with Crippen molar-refractivity contribution in [3.63, 3.8) is 0 Å². The molecule has 27 heavy (non-hydrogen) atoms. The molecule has 0 bridgehead atoms. The molecule has 140 valence electrons. The predicted octanol–water partition coefficient (Wildman–Crippen LogP) is 2.04. The van der Waals surface area contributed by atoms with Crippen LogP contribution < -0.4 is 14.8 Å². The predicted molar refractivity (Wildman–Crippen MR) is 100 cm³/mol. The second kappa shape index (κ2) is 7.65. The van der Waals surface area contributed by atoms with Crippen molar-refractivity contribution in [2.75, 3.05) is 20.3 Å². The minimum Gasteiger partial charge on any atom is -0.497 e. The normalized spacial score (nSPS) is 15.8. The Kier molecular flexibility index (Phi) is 4.91. The highest BCUT2D eigenvalue weighted by atomic mass is 16.5. The molecule has 0 radical (unpaired) electrons. The summed E-state index contributed by atoms with van der Waals surface area (Å²) in [7, 11) is 1.63. The molecule has 0 saturated carbocycles. The molecule has 0 aliphatic carbocycles. The van der Waals surface area contributed by atoms with Crippen molar-refractivity contribution in [2.24, 2.45) is 5.92 Å². The summed E-state index contributed by atoms with van der Waals surface area (Å²) < 4.78 is 13.0. The van der Waals surface area contributed by atoms with E-state index in [0.29, 0.717) is 19.6 Å². The highest BCUT2D eigenvalue weighted by molar-refractivity contribution is 5.79. The number of hydrogen-bond acceptors (Lipinski definition) is 5. The van der Waals surface area contributed by atoms with Crippen molar-refractivity contribution in [1.29, 1.82) is 0 Å². The van der Waals surface area contributed by atoms with Gasteiger partial charge in [-0.1, -0.05) is 6.07 Å². The second-order valence-electron chi connectivity index (χ2n) is 6.63. The summed E-state index contributed by atoms with van der Waals surface area (Å²) in [6.07, 6.45) is 4.17. The van der Waals surface area contributed by atoms with Gasteiger partial charge in [0.1, 0.15) is 23.9 Å². The first kappa shape index (κ1) is 17.3. The fraction of sp³-hybridized carbons (Fsp3) is 0.350. The van der Waals surface area contributed by atoms with Crippen LogP contribution in [-0.2, 0) is 17.6 Å². The Morgan fingerprint density at radius 1 is 1.33 bits per heavy atom. The largest absolute Gasteiger partial charge is 0.497 e. The van der Waals surface area contributed by atoms with E-state index in [9.17, 15) is 4.79 Å². The number of carbonyl (C=O) groups excluding carboxylic acids is 1. The van der Waals surface area contributed by atoms with Gasteiger partial charge in [0.05, 0.1) is 13.0 Å². The lowest BCUT2D eigenvalue weighted by atomic mass is 9.95. The molecule has 4 rings (SSSR count). The molecule has 1 amide bonds. The molecule has 2 aromatic heterocycles. The number of hydrogen-bond donors (Lipinski definition) is 1. The molecule has 3 heterocycles. The van der Waals surface area contributed by atoms with Crippen LogP contribution in [0.1, 0.15) is 17.8 Å². The molecule has 0 unspecified atom stereocenters. The van der Waals surface area contributed by atoms with Crippen LogP contribution >= 0.6 is 0 Å². The van der Waals surface area contributed by atoms with Crippen LogP contribution in [0.5, 0.6) is 11.5 Å². The van der Waals surface area contributed by atoms with Gasteiger partial charge in [-0.25, -0.2) is 0 Å². The number of benzene rings is 1. The molecule has 7 heteroatoms. The van der Waals surface area contributed by atoms with Crippen molar-refractivity contribution in [1.82, 2.24) is 19.9 Å². The van der Waals surface area contributed by atoms with E-state index in [0.717, 1.165) is 41.4 Å². The van der Waals surface area contributed by atoms with Gasteiger partial charge in [0.2, 0.25) is 5.91 Å². The maximum atomic E-state index is 12.5. The van der Waals surface area contributed by atoms with Crippen molar-refractivity contribution in [3.8, 4) is 11.5 Å². The zero-order valence-corrected chi connectivity index (χ0v) is 15.2. The molecule has 1 aromatic carbocycles. The number of rotatable bonds is 6. The van der Waals surface area contributed by atoms with Gasteiger partial charge in [-0.3, -0.25) is 9.20 Å². The number of methoxy groups -OCH3 is 1. The maximum absolute atomic E-state index is 12.5. The molecule has 1 atom stereocenters. The summed E-state index contributed by atoms with van der Waals surface area (Å²) in [4.78, 5) is 12.5. The minimum atomic E-state index is -0.182. The fourth-order valence-corrected chi connectivity index (χ4v) is 3.33. The van der Waals surface area contributed by atoms with Crippen LogP contribution in [0.4, 0.5) is 0 Å². The summed E-state index contributed by atoms with van der Waals surface area (Å²) >= 11 is 0. The highest BCUT2D eigenvalue weighted by Gasteiger charge is 2.26. The van der Waals surface area contributed by atoms with Crippen LogP contribution in [-0.4, -0.2) is 40.8 Å². The summed E-state index contributed by atoms with van der Waals surface area (Å²) in [5, 5.41) is 11.4. The number of amides is 1. The standard InChI is InChI=1S/C20H22N4O3/c1-26-16-7-8-17-14(12-16)11-15(13-27-17)20(25)21-9-4-6-19-23-22-18-5-2-3-10-24(18)19/h2-3,5,7-8,10,12,15H,4,6,9,11,13H2,1H3,(H,21,25)/t15-/m0/s1. The van der Waals surface area contributed by atoms with Crippen molar-refractivity contribution in [2.45, 2.75) is 19.3 Å². The Bertz CT molecular complexity index is 953. The Balaban J connectivity index is 1.28. The first-order valence-corrected chi connectivity index (χ1v) is 9.10. The van der Waals surface area contributed by atoms with E-state index in [1.54, 1.807) is 7.11 Å². The smallest absolute Gasteiger partial charge is 0.226 e. The van der Waals surface area contributed by atoms with Gasteiger partial charge in [-0.15, -0.1) is 10.2 Å². The fourth-order valence-electron chi connectivity index (χ4n) is 3.33. The van der Waals surface area contributed by atoms with Gasteiger partial charge in [-0.05, 0) is 48.7 Å². The lowest BCUT2D eigenvalue weighted by Gasteiger charge is -2.25. The minimum absolute atomic E-state index is 0.0228. The summed E-state index contributed by atoms with van der Waals surface area (Å²) in [5.41, 5.74) is 1.85. The molecule has 1 aliphatic heterocycles.